The largest absolute Gasteiger partial charge is 0.501 e. The quantitative estimate of drug-likeness (QED) is 0.431. The molecule has 0 heterocycles. The third kappa shape index (κ3) is 6.88. The molecule has 0 atom stereocenters. The Balaban J connectivity index is 2.23. The zero-order valence-corrected chi connectivity index (χ0v) is 19.4. The summed E-state index contributed by atoms with van der Waals surface area (Å²) in [5, 5.41) is 12.7. The molecule has 0 spiro atoms. The Morgan fingerprint density at radius 1 is 1.33 bits per heavy atom. The highest BCUT2D eigenvalue weighted by molar-refractivity contribution is 7.98. The second kappa shape index (κ2) is 10.6. The molecular formula is C23H32N2O4S. The molecule has 1 amide bonds. The van der Waals surface area contributed by atoms with Crippen LogP contribution in [0.25, 0.3) is 6.08 Å². The van der Waals surface area contributed by atoms with E-state index in [4.69, 9.17) is 14.2 Å². The second-order valence-electron chi connectivity index (χ2n) is 8.37. The molecule has 1 aromatic rings. The fourth-order valence-corrected chi connectivity index (χ4v) is 4.01. The Morgan fingerprint density at radius 2 is 2.03 bits per heavy atom. The number of carbonyl (C=O) groups is 1. The van der Waals surface area contributed by atoms with Crippen molar-refractivity contribution in [2.24, 2.45) is 0 Å². The highest BCUT2D eigenvalue weighted by Crippen LogP contribution is 2.34. The number of hydrogen-bond donors (Lipinski definition) is 1. The number of hydrogen-bond acceptors (Lipinski definition) is 6. The molecule has 1 aromatic carbocycles. The van der Waals surface area contributed by atoms with Gasteiger partial charge in [0.2, 0.25) is 0 Å². The van der Waals surface area contributed by atoms with Crippen LogP contribution >= 0.6 is 11.8 Å². The maximum absolute atomic E-state index is 12.4. The van der Waals surface area contributed by atoms with Crippen LogP contribution in [-0.2, 0) is 9.47 Å². The van der Waals surface area contributed by atoms with Crippen molar-refractivity contribution in [3.8, 4) is 11.8 Å². The van der Waals surface area contributed by atoms with Gasteiger partial charge in [-0.2, -0.15) is 5.26 Å². The molecule has 1 fully saturated rings. The van der Waals surface area contributed by atoms with Gasteiger partial charge in [0.25, 0.3) is 0 Å². The molecule has 1 aliphatic rings. The average Bonchev–Trinajstić information content (AvgIpc) is 3.13. The summed E-state index contributed by atoms with van der Waals surface area (Å²) >= 11 is 1.49. The number of benzene rings is 1. The highest BCUT2D eigenvalue weighted by Gasteiger charge is 2.38. The van der Waals surface area contributed by atoms with Gasteiger partial charge in [0.1, 0.15) is 29.6 Å². The number of nitrogens with one attached hydrogen (secondary N) is 1. The van der Waals surface area contributed by atoms with E-state index in [0.717, 1.165) is 36.1 Å². The highest BCUT2D eigenvalue weighted by atomic mass is 32.2. The zero-order chi connectivity index (χ0) is 22.2. The summed E-state index contributed by atoms with van der Waals surface area (Å²) in [5.74, 6) is 0.512. The van der Waals surface area contributed by atoms with Crippen LogP contribution in [0.3, 0.4) is 0 Å². The molecule has 1 aliphatic carbocycles. The molecule has 0 aliphatic heterocycles. The number of nitriles is 1. The van der Waals surface area contributed by atoms with Gasteiger partial charge in [-0.1, -0.05) is 12.8 Å². The van der Waals surface area contributed by atoms with Gasteiger partial charge in [0.15, 0.2) is 0 Å². The first-order valence-electron chi connectivity index (χ1n) is 10.3. The van der Waals surface area contributed by atoms with Crippen LogP contribution in [0.15, 0.2) is 23.3 Å². The molecule has 164 valence electrons. The van der Waals surface area contributed by atoms with Crippen molar-refractivity contribution in [1.29, 1.82) is 5.26 Å². The SMILES string of the molecule is CCO/C=C/c1cc(OCC2(NC(=O)OC(C)(C)C)CCCC2)c(C#N)c(SC)c1. The van der Waals surface area contributed by atoms with E-state index in [0.29, 0.717) is 17.9 Å². The maximum atomic E-state index is 12.4. The summed E-state index contributed by atoms with van der Waals surface area (Å²) in [5.41, 5.74) is 0.336. The van der Waals surface area contributed by atoms with Gasteiger partial charge in [0.05, 0.1) is 18.4 Å². The van der Waals surface area contributed by atoms with Crippen LogP contribution in [0.1, 0.15) is 64.5 Å². The summed E-state index contributed by atoms with van der Waals surface area (Å²) in [4.78, 5) is 13.2. The van der Waals surface area contributed by atoms with E-state index in [9.17, 15) is 10.1 Å². The molecule has 0 unspecified atom stereocenters. The smallest absolute Gasteiger partial charge is 0.408 e. The van der Waals surface area contributed by atoms with Crippen LogP contribution < -0.4 is 10.1 Å². The molecule has 7 heteroatoms. The summed E-state index contributed by atoms with van der Waals surface area (Å²) in [6.07, 6.45) is 8.62. The van der Waals surface area contributed by atoms with Crippen LogP contribution in [0, 0.1) is 11.3 Å². The molecule has 1 saturated carbocycles. The molecule has 0 bridgehead atoms. The van der Waals surface area contributed by atoms with Gasteiger partial charge in [-0.25, -0.2) is 4.79 Å². The first kappa shape index (κ1) is 23.9. The van der Waals surface area contributed by atoms with Crippen molar-refractivity contribution in [2.75, 3.05) is 19.5 Å². The molecule has 6 nitrogen and oxygen atoms in total. The molecule has 30 heavy (non-hydrogen) atoms. The van der Waals surface area contributed by atoms with Crippen molar-refractivity contribution in [3.05, 3.63) is 29.5 Å². The average molecular weight is 433 g/mol. The van der Waals surface area contributed by atoms with Crippen LogP contribution in [-0.4, -0.2) is 36.7 Å². The maximum Gasteiger partial charge on any atom is 0.408 e. The van der Waals surface area contributed by atoms with E-state index in [1.807, 2.05) is 52.2 Å². The topological polar surface area (TPSA) is 80.6 Å². The number of ether oxygens (including phenoxy) is 3. The van der Waals surface area contributed by atoms with Gasteiger partial charge in [-0.3, -0.25) is 0 Å². The van der Waals surface area contributed by atoms with Crippen molar-refractivity contribution in [1.82, 2.24) is 5.32 Å². The summed E-state index contributed by atoms with van der Waals surface area (Å²) in [6, 6.07) is 6.03. The van der Waals surface area contributed by atoms with Crippen molar-refractivity contribution in [2.45, 2.75) is 69.4 Å². The summed E-state index contributed by atoms with van der Waals surface area (Å²) in [7, 11) is 0. The molecule has 2 rings (SSSR count). The van der Waals surface area contributed by atoms with Gasteiger partial charge >= 0.3 is 6.09 Å². The minimum Gasteiger partial charge on any atom is -0.501 e. The van der Waals surface area contributed by atoms with Gasteiger partial charge in [-0.15, -0.1) is 11.8 Å². The minimum absolute atomic E-state index is 0.285. The molecule has 0 saturated heterocycles. The summed E-state index contributed by atoms with van der Waals surface area (Å²) in [6.45, 7) is 8.32. The molecule has 1 N–H and O–H groups in total. The lowest BCUT2D eigenvalue weighted by molar-refractivity contribution is 0.0416. The predicted molar refractivity (Wildman–Crippen MR) is 120 cm³/mol. The number of nitrogens with zero attached hydrogens (tertiary/aromatic N) is 1. The third-order valence-corrected chi connectivity index (χ3v) is 5.54. The zero-order valence-electron chi connectivity index (χ0n) is 18.5. The Hall–Kier alpha value is -2.33. The molecular weight excluding hydrogens is 400 g/mol. The lowest BCUT2D eigenvalue weighted by atomic mass is 9.99. The van der Waals surface area contributed by atoms with Gasteiger partial charge in [-0.05, 0) is 70.6 Å². The van der Waals surface area contributed by atoms with E-state index in [1.54, 1.807) is 6.26 Å². The van der Waals surface area contributed by atoms with E-state index >= 15 is 0 Å². The van der Waals surface area contributed by atoms with Crippen LogP contribution in [0.2, 0.25) is 0 Å². The number of amides is 1. The Labute approximate surface area is 184 Å². The molecule has 0 aromatic heterocycles. The Morgan fingerprint density at radius 3 is 2.60 bits per heavy atom. The van der Waals surface area contributed by atoms with Crippen molar-refractivity contribution >= 4 is 23.9 Å². The number of rotatable bonds is 8. The predicted octanol–water partition coefficient (Wildman–Crippen LogP) is 5.50. The lowest BCUT2D eigenvalue weighted by Crippen LogP contribution is -2.52. The normalized spacial score (nSPS) is 15.6. The fraction of sp³-hybridized carbons (Fsp3) is 0.565. The number of carbonyl (C=O) groups excluding carboxylic acids is 1. The van der Waals surface area contributed by atoms with E-state index < -0.39 is 17.2 Å². The van der Waals surface area contributed by atoms with Crippen LogP contribution in [0.4, 0.5) is 4.79 Å². The number of thioether (sulfide) groups is 1. The van der Waals surface area contributed by atoms with Crippen molar-refractivity contribution in [3.63, 3.8) is 0 Å². The van der Waals surface area contributed by atoms with Crippen molar-refractivity contribution < 1.29 is 19.0 Å². The van der Waals surface area contributed by atoms with Gasteiger partial charge < -0.3 is 19.5 Å². The first-order chi connectivity index (χ1) is 14.2. The third-order valence-electron chi connectivity index (χ3n) is 4.77. The Kier molecular flexibility index (Phi) is 8.48. The molecule has 0 radical (unpaired) electrons. The lowest BCUT2D eigenvalue weighted by Gasteiger charge is -2.31. The monoisotopic (exact) mass is 432 g/mol. The van der Waals surface area contributed by atoms with E-state index in [1.165, 1.54) is 11.8 Å². The minimum atomic E-state index is -0.562. The second-order valence-corrected chi connectivity index (χ2v) is 9.22. The Bertz CT molecular complexity index is 803. The van der Waals surface area contributed by atoms with Crippen LogP contribution in [0.5, 0.6) is 5.75 Å². The standard InChI is InChI=1S/C23H32N2O4S/c1-6-27-12-9-17-13-19(18(15-24)20(14-17)30-5)28-16-23(10-7-8-11-23)25-21(26)29-22(2,3)4/h9,12-14H,6-8,10-11,16H2,1-5H3,(H,25,26)/b12-9+. The fourth-order valence-electron chi connectivity index (χ4n) is 3.41. The summed E-state index contributed by atoms with van der Waals surface area (Å²) < 4.78 is 16.9. The van der Waals surface area contributed by atoms with Gasteiger partial charge in [0, 0.05) is 4.90 Å². The van der Waals surface area contributed by atoms with E-state index in [2.05, 4.69) is 11.4 Å². The van der Waals surface area contributed by atoms with E-state index in [-0.39, 0.29) is 6.61 Å². The first-order valence-corrected chi connectivity index (χ1v) is 11.5. The number of alkyl carbamates (subject to hydrolysis) is 1.